The zero-order valence-electron chi connectivity index (χ0n) is 8.04. The molecular formula is C12H10ClFO. The SMILES string of the molecule is O=C/C=C(\F)C1(c2ccc(Cl)cc2)CC1. The summed E-state index contributed by atoms with van der Waals surface area (Å²) in [5, 5.41) is 0.634. The second kappa shape index (κ2) is 3.78. The lowest BCUT2D eigenvalue weighted by molar-refractivity contribution is -0.104. The zero-order chi connectivity index (χ0) is 10.9. The van der Waals surface area contributed by atoms with Crippen molar-refractivity contribution in [3.8, 4) is 0 Å². The average Bonchev–Trinajstić information content (AvgIpc) is 3.00. The highest BCUT2D eigenvalue weighted by Gasteiger charge is 2.48. The van der Waals surface area contributed by atoms with E-state index in [2.05, 4.69) is 0 Å². The molecule has 0 aliphatic heterocycles. The highest BCUT2D eigenvalue weighted by molar-refractivity contribution is 6.30. The van der Waals surface area contributed by atoms with Crippen molar-refractivity contribution in [3.63, 3.8) is 0 Å². The number of allylic oxidation sites excluding steroid dienone is 2. The first kappa shape index (κ1) is 10.4. The average molecular weight is 225 g/mol. The summed E-state index contributed by atoms with van der Waals surface area (Å²) in [6.45, 7) is 0. The lowest BCUT2D eigenvalue weighted by atomic mass is 9.94. The fourth-order valence-corrected chi connectivity index (χ4v) is 1.90. The number of carbonyl (C=O) groups excluding carboxylic acids is 1. The van der Waals surface area contributed by atoms with E-state index in [0.717, 1.165) is 24.5 Å². The molecule has 0 heterocycles. The van der Waals surface area contributed by atoms with Gasteiger partial charge in [-0.15, -0.1) is 0 Å². The molecule has 1 saturated carbocycles. The largest absolute Gasteiger partial charge is 0.298 e. The second-order valence-electron chi connectivity index (χ2n) is 3.74. The number of carbonyl (C=O) groups is 1. The Morgan fingerprint density at radius 1 is 1.33 bits per heavy atom. The third kappa shape index (κ3) is 1.82. The molecule has 1 aliphatic carbocycles. The maximum absolute atomic E-state index is 13.6. The van der Waals surface area contributed by atoms with Gasteiger partial charge < -0.3 is 0 Å². The van der Waals surface area contributed by atoms with Crippen LogP contribution < -0.4 is 0 Å². The molecule has 0 aromatic heterocycles. The van der Waals surface area contributed by atoms with Crippen LogP contribution in [0.2, 0.25) is 5.02 Å². The first-order chi connectivity index (χ1) is 7.19. The van der Waals surface area contributed by atoms with E-state index >= 15 is 0 Å². The molecule has 1 aliphatic rings. The van der Waals surface area contributed by atoms with E-state index in [9.17, 15) is 9.18 Å². The molecule has 2 rings (SSSR count). The van der Waals surface area contributed by atoms with Gasteiger partial charge in [-0.2, -0.15) is 0 Å². The number of hydrogen-bond acceptors (Lipinski definition) is 1. The highest BCUT2D eigenvalue weighted by Crippen LogP contribution is 2.54. The van der Waals surface area contributed by atoms with Crippen LogP contribution in [-0.2, 0) is 10.2 Å². The van der Waals surface area contributed by atoms with Gasteiger partial charge in [-0.3, -0.25) is 4.79 Å². The Bertz CT molecular complexity index is 404. The van der Waals surface area contributed by atoms with Crippen molar-refractivity contribution < 1.29 is 9.18 Å². The van der Waals surface area contributed by atoms with Crippen LogP contribution in [0.4, 0.5) is 4.39 Å². The van der Waals surface area contributed by atoms with E-state index in [4.69, 9.17) is 11.6 Å². The molecule has 0 bridgehead atoms. The standard InChI is InChI=1S/C12H10ClFO/c13-10-3-1-9(2-4-10)12(6-7-12)11(14)5-8-15/h1-5,8H,6-7H2/b11-5-. The molecule has 0 atom stereocenters. The molecule has 1 nitrogen and oxygen atoms in total. The van der Waals surface area contributed by atoms with Crippen LogP contribution in [-0.4, -0.2) is 6.29 Å². The quantitative estimate of drug-likeness (QED) is 0.568. The van der Waals surface area contributed by atoms with Crippen LogP contribution in [0.25, 0.3) is 0 Å². The van der Waals surface area contributed by atoms with Crippen molar-refractivity contribution in [3.05, 3.63) is 46.8 Å². The molecule has 0 radical (unpaired) electrons. The minimum Gasteiger partial charge on any atom is -0.298 e. The van der Waals surface area contributed by atoms with Crippen molar-refractivity contribution in [2.75, 3.05) is 0 Å². The van der Waals surface area contributed by atoms with Crippen LogP contribution in [0.1, 0.15) is 18.4 Å². The van der Waals surface area contributed by atoms with E-state index < -0.39 is 5.41 Å². The number of rotatable bonds is 3. The van der Waals surface area contributed by atoms with Gasteiger partial charge in [-0.1, -0.05) is 23.7 Å². The van der Waals surface area contributed by atoms with Crippen molar-refractivity contribution in [1.29, 1.82) is 0 Å². The minimum atomic E-state index is -0.550. The molecule has 0 amide bonds. The topological polar surface area (TPSA) is 17.1 Å². The predicted molar refractivity (Wildman–Crippen MR) is 57.6 cm³/mol. The first-order valence-corrected chi connectivity index (χ1v) is 5.14. The molecule has 78 valence electrons. The van der Waals surface area contributed by atoms with Crippen molar-refractivity contribution >= 4 is 17.9 Å². The van der Waals surface area contributed by atoms with Gasteiger partial charge in [0, 0.05) is 16.5 Å². The molecular weight excluding hydrogens is 215 g/mol. The summed E-state index contributed by atoms with van der Waals surface area (Å²) in [6.07, 6.45) is 3.00. The van der Waals surface area contributed by atoms with Gasteiger partial charge >= 0.3 is 0 Å². The summed E-state index contributed by atoms with van der Waals surface area (Å²) in [7, 11) is 0. The lowest BCUT2D eigenvalue weighted by Crippen LogP contribution is -2.07. The maximum Gasteiger partial charge on any atom is 0.145 e. The zero-order valence-corrected chi connectivity index (χ0v) is 8.80. The molecule has 0 N–H and O–H groups in total. The lowest BCUT2D eigenvalue weighted by Gasteiger charge is -2.12. The number of halogens is 2. The van der Waals surface area contributed by atoms with Gasteiger partial charge in [-0.05, 0) is 30.5 Å². The number of hydrogen-bond donors (Lipinski definition) is 0. The smallest absolute Gasteiger partial charge is 0.145 e. The predicted octanol–water partition coefficient (Wildman–Crippen LogP) is 3.42. The van der Waals surface area contributed by atoms with Gasteiger partial charge in [0.05, 0.1) is 0 Å². The van der Waals surface area contributed by atoms with E-state index in [1.165, 1.54) is 0 Å². The monoisotopic (exact) mass is 224 g/mol. The first-order valence-electron chi connectivity index (χ1n) is 4.76. The van der Waals surface area contributed by atoms with Crippen LogP contribution >= 0.6 is 11.6 Å². The van der Waals surface area contributed by atoms with Crippen LogP contribution in [0.15, 0.2) is 36.2 Å². The molecule has 15 heavy (non-hydrogen) atoms. The van der Waals surface area contributed by atoms with Crippen molar-refractivity contribution in [2.24, 2.45) is 0 Å². The Labute approximate surface area is 92.6 Å². The molecule has 0 spiro atoms. The molecule has 1 aromatic carbocycles. The van der Waals surface area contributed by atoms with Crippen LogP contribution in [0.5, 0.6) is 0 Å². The van der Waals surface area contributed by atoms with Crippen molar-refractivity contribution in [2.45, 2.75) is 18.3 Å². The summed E-state index contributed by atoms with van der Waals surface area (Å²) in [5.74, 6) is -0.347. The summed E-state index contributed by atoms with van der Waals surface area (Å²) >= 11 is 5.76. The Kier molecular flexibility index (Phi) is 2.61. The summed E-state index contributed by atoms with van der Waals surface area (Å²) < 4.78 is 13.6. The van der Waals surface area contributed by atoms with Gasteiger partial charge in [0.25, 0.3) is 0 Å². The molecule has 1 aromatic rings. The fraction of sp³-hybridized carbons (Fsp3) is 0.250. The Morgan fingerprint density at radius 2 is 1.93 bits per heavy atom. The van der Waals surface area contributed by atoms with Gasteiger partial charge in [0.15, 0.2) is 0 Å². The van der Waals surface area contributed by atoms with Gasteiger partial charge in [-0.25, -0.2) is 4.39 Å². The van der Waals surface area contributed by atoms with Crippen molar-refractivity contribution in [1.82, 2.24) is 0 Å². The Hall–Kier alpha value is -1.15. The summed E-state index contributed by atoms with van der Waals surface area (Å²) in [6, 6.07) is 7.11. The van der Waals surface area contributed by atoms with E-state index in [1.54, 1.807) is 12.1 Å². The van der Waals surface area contributed by atoms with E-state index in [-0.39, 0.29) is 5.83 Å². The van der Waals surface area contributed by atoms with E-state index in [0.29, 0.717) is 11.3 Å². The molecule has 1 fully saturated rings. The summed E-state index contributed by atoms with van der Waals surface area (Å²) in [5.41, 5.74) is 0.341. The third-order valence-electron chi connectivity index (χ3n) is 2.82. The summed E-state index contributed by atoms with van der Waals surface area (Å²) in [4.78, 5) is 10.2. The molecule has 0 saturated heterocycles. The van der Waals surface area contributed by atoms with Crippen LogP contribution in [0.3, 0.4) is 0 Å². The number of benzene rings is 1. The van der Waals surface area contributed by atoms with Gasteiger partial charge in [0.2, 0.25) is 0 Å². The number of aldehydes is 1. The normalized spacial score (nSPS) is 18.7. The van der Waals surface area contributed by atoms with Gasteiger partial charge in [0.1, 0.15) is 12.1 Å². The van der Waals surface area contributed by atoms with E-state index in [1.807, 2.05) is 12.1 Å². The Balaban J connectivity index is 2.34. The Morgan fingerprint density at radius 3 is 2.40 bits per heavy atom. The highest BCUT2D eigenvalue weighted by atomic mass is 35.5. The fourth-order valence-electron chi connectivity index (χ4n) is 1.78. The third-order valence-corrected chi connectivity index (χ3v) is 3.07. The van der Waals surface area contributed by atoms with Crippen LogP contribution in [0, 0.1) is 0 Å². The minimum absolute atomic E-state index is 0.347. The maximum atomic E-state index is 13.6. The molecule has 3 heteroatoms. The second-order valence-corrected chi connectivity index (χ2v) is 4.18. The molecule has 0 unspecified atom stereocenters.